The fraction of sp³-hybridized carbons (Fsp3) is 0.375. The van der Waals surface area contributed by atoms with E-state index in [1.54, 1.807) is 6.07 Å². The summed E-state index contributed by atoms with van der Waals surface area (Å²) in [5, 5.41) is 19.2. The highest BCUT2D eigenvalue weighted by Gasteiger charge is 2.18. The summed E-state index contributed by atoms with van der Waals surface area (Å²) in [5.41, 5.74) is 6.45. The first kappa shape index (κ1) is 10.4. The van der Waals surface area contributed by atoms with Gasteiger partial charge in [0.05, 0.1) is 18.0 Å². The monoisotopic (exact) mass is 246 g/mol. The van der Waals surface area contributed by atoms with Crippen LogP contribution in [0.1, 0.15) is 11.7 Å². The second kappa shape index (κ2) is 4.55. The Labute approximate surface area is 84.5 Å². The van der Waals surface area contributed by atoms with Gasteiger partial charge in [0.25, 0.3) is 0 Å². The first-order chi connectivity index (χ1) is 6.16. The molecule has 0 aliphatic rings. The first-order valence-electron chi connectivity index (χ1n) is 3.78. The van der Waals surface area contributed by atoms with E-state index in [0.717, 1.165) is 0 Å². The molecular weight excluding hydrogens is 236 g/mol. The summed E-state index contributed by atoms with van der Waals surface area (Å²) in [4.78, 5) is 3.78. The third-order valence-corrected chi connectivity index (χ3v) is 2.39. The van der Waals surface area contributed by atoms with Gasteiger partial charge in [-0.25, -0.2) is 0 Å². The van der Waals surface area contributed by atoms with Crippen LogP contribution in [0.15, 0.2) is 18.5 Å². The Balaban J connectivity index is 2.88. The number of nitrogen functional groups attached to an aromatic ring is 1. The second-order valence-corrected chi connectivity index (χ2v) is 3.32. The number of rotatable bonds is 3. The Kier molecular flexibility index (Phi) is 3.65. The zero-order valence-electron chi connectivity index (χ0n) is 6.89. The molecule has 1 rings (SSSR count). The predicted molar refractivity (Wildman–Crippen MR) is 53.4 cm³/mol. The normalized spacial score (nSPS) is 15.3. The van der Waals surface area contributed by atoms with Gasteiger partial charge in [-0.1, -0.05) is 15.9 Å². The fourth-order valence-electron chi connectivity index (χ4n) is 0.978. The molecule has 2 atom stereocenters. The van der Waals surface area contributed by atoms with Crippen molar-refractivity contribution in [2.45, 2.75) is 12.2 Å². The number of hydrogen-bond acceptors (Lipinski definition) is 4. The van der Waals surface area contributed by atoms with E-state index in [1.165, 1.54) is 12.4 Å². The van der Waals surface area contributed by atoms with E-state index in [1.807, 2.05) is 0 Å². The van der Waals surface area contributed by atoms with Gasteiger partial charge in [0, 0.05) is 17.1 Å². The number of aliphatic hydroxyl groups is 2. The number of pyridine rings is 1. The van der Waals surface area contributed by atoms with Crippen LogP contribution >= 0.6 is 15.9 Å². The van der Waals surface area contributed by atoms with Crippen LogP contribution in [0.2, 0.25) is 0 Å². The zero-order valence-corrected chi connectivity index (χ0v) is 8.48. The molecule has 0 amide bonds. The van der Waals surface area contributed by atoms with E-state index in [4.69, 9.17) is 5.73 Å². The Hall–Kier alpha value is -0.650. The molecule has 1 aromatic rings. The van der Waals surface area contributed by atoms with Crippen LogP contribution in [0.5, 0.6) is 0 Å². The van der Waals surface area contributed by atoms with Crippen molar-refractivity contribution in [3.8, 4) is 0 Å². The lowest BCUT2D eigenvalue weighted by atomic mass is 10.1. The van der Waals surface area contributed by atoms with Crippen molar-refractivity contribution in [3.63, 3.8) is 0 Å². The molecule has 0 bridgehead atoms. The summed E-state index contributed by atoms with van der Waals surface area (Å²) in [7, 11) is 0. The summed E-state index contributed by atoms with van der Waals surface area (Å²) >= 11 is 3.07. The van der Waals surface area contributed by atoms with Crippen molar-refractivity contribution in [2.75, 3.05) is 11.1 Å². The SMILES string of the molecule is Nc1cnccc1C(O)C(O)CBr. The molecule has 4 nitrogen and oxygen atoms in total. The summed E-state index contributed by atoms with van der Waals surface area (Å²) in [6, 6.07) is 1.59. The molecule has 0 fully saturated rings. The van der Waals surface area contributed by atoms with Gasteiger partial charge in [-0.05, 0) is 6.07 Å². The highest BCUT2D eigenvalue weighted by molar-refractivity contribution is 9.09. The molecular formula is C8H11BrN2O2. The van der Waals surface area contributed by atoms with Crippen molar-refractivity contribution >= 4 is 21.6 Å². The zero-order chi connectivity index (χ0) is 9.84. The van der Waals surface area contributed by atoms with Crippen LogP contribution in [0, 0.1) is 0 Å². The van der Waals surface area contributed by atoms with Gasteiger partial charge in [-0.3, -0.25) is 4.98 Å². The fourth-order valence-corrected chi connectivity index (χ4v) is 1.33. The maximum atomic E-state index is 9.58. The molecule has 2 unspecified atom stereocenters. The van der Waals surface area contributed by atoms with Crippen molar-refractivity contribution < 1.29 is 10.2 Å². The van der Waals surface area contributed by atoms with Crippen LogP contribution in [0.25, 0.3) is 0 Å². The minimum absolute atomic E-state index is 0.302. The highest BCUT2D eigenvalue weighted by Crippen LogP contribution is 2.22. The lowest BCUT2D eigenvalue weighted by molar-refractivity contribution is 0.0347. The van der Waals surface area contributed by atoms with Gasteiger partial charge in [0.2, 0.25) is 0 Å². The van der Waals surface area contributed by atoms with Crippen molar-refractivity contribution in [3.05, 3.63) is 24.0 Å². The number of alkyl halides is 1. The summed E-state index contributed by atoms with van der Waals surface area (Å²) in [6.45, 7) is 0. The summed E-state index contributed by atoms with van der Waals surface area (Å²) in [5.74, 6) is 0. The third kappa shape index (κ3) is 2.40. The minimum Gasteiger partial charge on any atom is -0.397 e. The lowest BCUT2D eigenvalue weighted by Gasteiger charge is -2.16. The lowest BCUT2D eigenvalue weighted by Crippen LogP contribution is -2.20. The van der Waals surface area contributed by atoms with E-state index in [9.17, 15) is 10.2 Å². The molecule has 0 aliphatic carbocycles. The number of halogens is 1. The van der Waals surface area contributed by atoms with Crippen LogP contribution < -0.4 is 5.73 Å². The number of nitrogens with zero attached hydrogens (tertiary/aromatic N) is 1. The van der Waals surface area contributed by atoms with Crippen LogP contribution in [-0.4, -0.2) is 26.6 Å². The molecule has 4 N–H and O–H groups in total. The highest BCUT2D eigenvalue weighted by atomic mass is 79.9. The number of hydrogen-bond donors (Lipinski definition) is 3. The van der Waals surface area contributed by atoms with E-state index in [-0.39, 0.29) is 0 Å². The first-order valence-corrected chi connectivity index (χ1v) is 4.90. The van der Waals surface area contributed by atoms with Crippen LogP contribution in [0.4, 0.5) is 5.69 Å². The van der Waals surface area contributed by atoms with Crippen LogP contribution in [-0.2, 0) is 0 Å². The Bertz CT molecular complexity index is 283. The number of nitrogens with two attached hydrogens (primary N) is 1. The average Bonchev–Trinajstić information content (AvgIpc) is 2.16. The standard InChI is InChI=1S/C8H11BrN2O2/c9-3-7(12)8(13)5-1-2-11-4-6(5)10/h1-2,4,7-8,12-13H,3,10H2. The summed E-state index contributed by atoms with van der Waals surface area (Å²) in [6.07, 6.45) is 1.14. The predicted octanol–water partition coefficient (Wildman–Crippen LogP) is 0.453. The molecule has 5 heteroatoms. The number of aromatic nitrogens is 1. The third-order valence-electron chi connectivity index (χ3n) is 1.73. The molecule has 0 radical (unpaired) electrons. The van der Waals surface area contributed by atoms with Gasteiger partial charge in [-0.15, -0.1) is 0 Å². The molecule has 0 aliphatic heterocycles. The number of anilines is 1. The molecule has 0 saturated carbocycles. The molecule has 13 heavy (non-hydrogen) atoms. The molecule has 0 spiro atoms. The maximum Gasteiger partial charge on any atom is 0.108 e. The Morgan fingerprint density at radius 1 is 1.54 bits per heavy atom. The van der Waals surface area contributed by atoms with Gasteiger partial charge in [0.15, 0.2) is 0 Å². The van der Waals surface area contributed by atoms with Crippen molar-refractivity contribution in [1.29, 1.82) is 0 Å². The van der Waals surface area contributed by atoms with E-state index < -0.39 is 12.2 Å². The molecule has 1 aromatic heterocycles. The smallest absolute Gasteiger partial charge is 0.108 e. The topological polar surface area (TPSA) is 79.4 Å². The van der Waals surface area contributed by atoms with Gasteiger partial charge >= 0.3 is 0 Å². The largest absolute Gasteiger partial charge is 0.397 e. The van der Waals surface area contributed by atoms with Gasteiger partial charge < -0.3 is 15.9 Å². The Morgan fingerprint density at radius 3 is 2.77 bits per heavy atom. The number of aliphatic hydroxyl groups excluding tert-OH is 2. The molecule has 1 heterocycles. The van der Waals surface area contributed by atoms with E-state index in [2.05, 4.69) is 20.9 Å². The molecule has 0 aromatic carbocycles. The van der Waals surface area contributed by atoms with Gasteiger partial charge in [0.1, 0.15) is 6.10 Å². The van der Waals surface area contributed by atoms with Gasteiger partial charge in [-0.2, -0.15) is 0 Å². The maximum absolute atomic E-state index is 9.58. The molecule has 0 saturated heterocycles. The van der Waals surface area contributed by atoms with Crippen molar-refractivity contribution in [1.82, 2.24) is 4.98 Å². The minimum atomic E-state index is -0.970. The summed E-state index contributed by atoms with van der Waals surface area (Å²) < 4.78 is 0. The van der Waals surface area contributed by atoms with Crippen LogP contribution in [0.3, 0.4) is 0 Å². The molecule has 72 valence electrons. The quantitative estimate of drug-likeness (QED) is 0.677. The second-order valence-electron chi connectivity index (χ2n) is 2.67. The van der Waals surface area contributed by atoms with E-state index in [0.29, 0.717) is 16.6 Å². The Morgan fingerprint density at radius 2 is 2.23 bits per heavy atom. The van der Waals surface area contributed by atoms with E-state index >= 15 is 0 Å². The average molecular weight is 247 g/mol. The van der Waals surface area contributed by atoms with Crippen molar-refractivity contribution in [2.24, 2.45) is 0 Å².